The third kappa shape index (κ3) is 5.29. The van der Waals surface area contributed by atoms with Gasteiger partial charge in [-0.15, -0.1) is 0 Å². The van der Waals surface area contributed by atoms with Gasteiger partial charge in [-0.2, -0.15) is 5.10 Å². The molecule has 10 heteroatoms. The zero-order valence-corrected chi connectivity index (χ0v) is 17.5. The van der Waals surface area contributed by atoms with E-state index in [1.807, 2.05) is 0 Å². The van der Waals surface area contributed by atoms with E-state index in [-0.39, 0.29) is 30.5 Å². The lowest BCUT2D eigenvalue weighted by Crippen LogP contribution is -2.28. The summed E-state index contributed by atoms with van der Waals surface area (Å²) in [6.07, 6.45) is 0.0761. The molecule has 0 saturated carbocycles. The minimum absolute atomic E-state index is 0.0327. The Labute approximate surface area is 180 Å². The van der Waals surface area contributed by atoms with E-state index in [2.05, 4.69) is 31.7 Å². The first-order valence-electron chi connectivity index (χ1n) is 8.98. The predicted octanol–water partition coefficient (Wildman–Crippen LogP) is 3.61. The van der Waals surface area contributed by atoms with Gasteiger partial charge in [0, 0.05) is 41.2 Å². The Balaban J connectivity index is 1.59. The highest BCUT2D eigenvalue weighted by atomic mass is 79.9. The van der Waals surface area contributed by atoms with Crippen molar-refractivity contribution in [3.05, 3.63) is 80.4 Å². The summed E-state index contributed by atoms with van der Waals surface area (Å²) in [5.74, 6) is -0.123. The molecule has 1 aromatic heterocycles. The van der Waals surface area contributed by atoms with E-state index in [9.17, 15) is 19.7 Å². The summed E-state index contributed by atoms with van der Waals surface area (Å²) >= 11 is 3.31. The maximum Gasteiger partial charge on any atom is 0.269 e. The molecule has 0 aliphatic heterocycles. The standard InChI is InChI=1S/C20H18BrN5O4/c1-13-12-18(25(24-13)16-6-8-17(9-7-16)26(29)30)23-19(27)10-11-22-20(28)14-2-4-15(21)5-3-14/h2-9,12H,10-11H2,1H3,(H,22,28)(H,23,27). The molecule has 0 aliphatic rings. The fourth-order valence-electron chi connectivity index (χ4n) is 2.70. The summed E-state index contributed by atoms with van der Waals surface area (Å²) in [4.78, 5) is 34.7. The molecule has 2 amide bonds. The third-order valence-corrected chi connectivity index (χ3v) is 4.68. The summed E-state index contributed by atoms with van der Waals surface area (Å²) in [6, 6.07) is 14.4. The van der Waals surface area contributed by atoms with Crippen LogP contribution in [-0.2, 0) is 4.79 Å². The summed E-state index contributed by atoms with van der Waals surface area (Å²) in [7, 11) is 0. The lowest BCUT2D eigenvalue weighted by Gasteiger charge is -2.09. The van der Waals surface area contributed by atoms with Gasteiger partial charge < -0.3 is 10.6 Å². The van der Waals surface area contributed by atoms with Crippen molar-refractivity contribution in [1.82, 2.24) is 15.1 Å². The zero-order valence-electron chi connectivity index (χ0n) is 16.0. The Bertz CT molecular complexity index is 1080. The molecule has 30 heavy (non-hydrogen) atoms. The summed E-state index contributed by atoms with van der Waals surface area (Å²) < 4.78 is 2.37. The van der Waals surface area contributed by atoms with E-state index in [1.54, 1.807) is 49.4 Å². The molecule has 0 aliphatic carbocycles. The molecular formula is C20H18BrN5O4. The van der Waals surface area contributed by atoms with Gasteiger partial charge in [0.2, 0.25) is 5.91 Å². The maximum atomic E-state index is 12.3. The number of anilines is 1. The molecule has 0 spiro atoms. The maximum absolute atomic E-state index is 12.3. The topological polar surface area (TPSA) is 119 Å². The second-order valence-corrected chi connectivity index (χ2v) is 7.33. The van der Waals surface area contributed by atoms with Crippen molar-refractivity contribution >= 4 is 39.2 Å². The summed E-state index contributed by atoms with van der Waals surface area (Å²) in [5.41, 5.74) is 1.72. The van der Waals surface area contributed by atoms with Crippen molar-refractivity contribution in [3.63, 3.8) is 0 Å². The first kappa shape index (κ1) is 21.2. The number of non-ortho nitro benzene ring substituents is 1. The number of nitro groups is 1. The SMILES string of the molecule is Cc1cc(NC(=O)CCNC(=O)c2ccc(Br)cc2)n(-c2ccc([N+](=O)[O-])cc2)n1. The van der Waals surface area contributed by atoms with Crippen molar-refractivity contribution in [3.8, 4) is 5.69 Å². The van der Waals surface area contributed by atoms with E-state index < -0.39 is 4.92 Å². The second-order valence-electron chi connectivity index (χ2n) is 6.42. The number of benzene rings is 2. The monoisotopic (exact) mass is 471 g/mol. The Morgan fingerprint density at radius 2 is 1.80 bits per heavy atom. The van der Waals surface area contributed by atoms with Gasteiger partial charge in [0.1, 0.15) is 5.82 Å². The molecule has 0 unspecified atom stereocenters. The number of nitro benzene ring substituents is 1. The number of amides is 2. The average molecular weight is 472 g/mol. The van der Waals surface area contributed by atoms with E-state index in [4.69, 9.17) is 0 Å². The van der Waals surface area contributed by atoms with Crippen LogP contribution in [0.1, 0.15) is 22.5 Å². The molecule has 2 N–H and O–H groups in total. The van der Waals surface area contributed by atoms with Crippen LogP contribution < -0.4 is 10.6 Å². The fourth-order valence-corrected chi connectivity index (χ4v) is 2.96. The molecule has 2 aromatic carbocycles. The number of nitrogens with one attached hydrogen (secondary N) is 2. The first-order valence-corrected chi connectivity index (χ1v) is 9.78. The van der Waals surface area contributed by atoms with E-state index in [1.165, 1.54) is 16.8 Å². The van der Waals surface area contributed by atoms with E-state index in [0.717, 1.165) is 4.47 Å². The quantitative estimate of drug-likeness (QED) is 0.402. The molecule has 0 fully saturated rings. The lowest BCUT2D eigenvalue weighted by molar-refractivity contribution is -0.384. The number of halogens is 1. The molecule has 154 valence electrons. The smallest absolute Gasteiger partial charge is 0.269 e. The Morgan fingerprint density at radius 3 is 2.43 bits per heavy atom. The predicted molar refractivity (Wildman–Crippen MR) is 115 cm³/mol. The van der Waals surface area contributed by atoms with Crippen LogP contribution in [0.25, 0.3) is 5.69 Å². The van der Waals surface area contributed by atoms with Gasteiger partial charge in [0.15, 0.2) is 0 Å². The van der Waals surface area contributed by atoms with Crippen LogP contribution in [0.15, 0.2) is 59.1 Å². The molecule has 0 bridgehead atoms. The first-order chi connectivity index (χ1) is 14.3. The van der Waals surface area contributed by atoms with Crippen LogP contribution in [0.4, 0.5) is 11.5 Å². The number of rotatable bonds is 7. The number of aryl methyl sites for hydroxylation is 1. The third-order valence-electron chi connectivity index (χ3n) is 4.15. The molecule has 9 nitrogen and oxygen atoms in total. The van der Waals surface area contributed by atoms with E-state index in [0.29, 0.717) is 22.8 Å². The number of nitrogens with zero attached hydrogens (tertiary/aromatic N) is 3. The van der Waals surface area contributed by atoms with Crippen LogP contribution >= 0.6 is 15.9 Å². The second kappa shape index (κ2) is 9.31. The molecular weight excluding hydrogens is 454 g/mol. The number of carbonyl (C=O) groups is 2. The van der Waals surface area contributed by atoms with Crippen molar-refractivity contribution in [2.45, 2.75) is 13.3 Å². The summed E-state index contributed by atoms with van der Waals surface area (Å²) in [5, 5.41) is 20.6. The highest BCUT2D eigenvalue weighted by Crippen LogP contribution is 2.20. The molecule has 3 rings (SSSR count). The minimum Gasteiger partial charge on any atom is -0.352 e. The van der Waals surface area contributed by atoms with Gasteiger partial charge in [0.25, 0.3) is 11.6 Å². The van der Waals surface area contributed by atoms with Crippen molar-refractivity contribution in [1.29, 1.82) is 0 Å². The highest BCUT2D eigenvalue weighted by Gasteiger charge is 2.13. The fraction of sp³-hybridized carbons (Fsp3) is 0.150. The van der Waals surface area contributed by atoms with Crippen LogP contribution in [0.3, 0.4) is 0 Å². The molecule has 1 heterocycles. The van der Waals surface area contributed by atoms with Crippen LogP contribution in [-0.4, -0.2) is 33.1 Å². The number of hydrogen-bond donors (Lipinski definition) is 2. The molecule has 0 radical (unpaired) electrons. The van der Waals surface area contributed by atoms with E-state index >= 15 is 0 Å². The average Bonchev–Trinajstić information content (AvgIpc) is 3.08. The highest BCUT2D eigenvalue weighted by molar-refractivity contribution is 9.10. The van der Waals surface area contributed by atoms with Crippen molar-refractivity contribution in [2.24, 2.45) is 0 Å². The van der Waals surface area contributed by atoms with Gasteiger partial charge >= 0.3 is 0 Å². The number of carbonyl (C=O) groups excluding carboxylic acids is 2. The number of hydrogen-bond acceptors (Lipinski definition) is 5. The zero-order chi connectivity index (χ0) is 21.7. The molecule has 0 atom stereocenters. The van der Waals surface area contributed by atoms with Gasteiger partial charge in [0.05, 0.1) is 16.3 Å². The van der Waals surface area contributed by atoms with Gasteiger partial charge in [-0.1, -0.05) is 15.9 Å². The largest absolute Gasteiger partial charge is 0.352 e. The van der Waals surface area contributed by atoms with Crippen LogP contribution in [0, 0.1) is 17.0 Å². The van der Waals surface area contributed by atoms with Crippen molar-refractivity contribution in [2.75, 3.05) is 11.9 Å². The van der Waals surface area contributed by atoms with Crippen molar-refractivity contribution < 1.29 is 14.5 Å². The minimum atomic E-state index is -0.483. The normalized spacial score (nSPS) is 10.5. The Kier molecular flexibility index (Phi) is 6.58. The van der Waals surface area contributed by atoms with Crippen LogP contribution in [0.5, 0.6) is 0 Å². The Morgan fingerprint density at radius 1 is 1.13 bits per heavy atom. The van der Waals surface area contributed by atoms with Gasteiger partial charge in [-0.25, -0.2) is 4.68 Å². The van der Waals surface area contributed by atoms with Crippen LogP contribution in [0.2, 0.25) is 0 Å². The lowest BCUT2D eigenvalue weighted by atomic mass is 10.2. The Hall–Kier alpha value is -3.53. The number of aromatic nitrogens is 2. The summed E-state index contributed by atoms with van der Waals surface area (Å²) in [6.45, 7) is 1.95. The van der Waals surface area contributed by atoms with Gasteiger partial charge in [-0.3, -0.25) is 19.7 Å². The van der Waals surface area contributed by atoms with Gasteiger partial charge in [-0.05, 0) is 43.3 Å². The molecule has 3 aromatic rings. The molecule has 0 saturated heterocycles.